The van der Waals surface area contributed by atoms with Crippen LogP contribution in [0.25, 0.3) is 0 Å². The van der Waals surface area contributed by atoms with Crippen LogP contribution in [0, 0.1) is 13.8 Å². The van der Waals surface area contributed by atoms with Crippen molar-refractivity contribution < 1.29 is 9.22 Å². The maximum absolute atomic E-state index is 11.0. The van der Waals surface area contributed by atoms with Crippen LogP contribution in [0.15, 0.2) is 12.1 Å². The molecule has 0 saturated heterocycles. The monoisotopic (exact) mass is 222 g/mol. The minimum Gasteiger partial charge on any atom is -0.544 e. The lowest BCUT2D eigenvalue weighted by Crippen LogP contribution is -2.30. The first kappa shape index (κ1) is 12.0. The Kier molecular flexibility index (Phi) is 3.34. The molecule has 0 saturated carbocycles. The Morgan fingerprint density at radius 2 is 1.80 bits per heavy atom. The van der Waals surface area contributed by atoms with E-state index in [2.05, 4.69) is 19.6 Å². The highest BCUT2D eigenvalue weighted by molar-refractivity contribution is 6.70. The highest BCUT2D eigenvalue weighted by Crippen LogP contribution is 2.26. The first-order valence-electron chi connectivity index (χ1n) is 5.09. The summed E-state index contributed by atoms with van der Waals surface area (Å²) in [5.74, 6) is 0.759. The third-order valence-electron chi connectivity index (χ3n) is 1.98. The van der Waals surface area contributed by atoms with E-state index in [9.17, 15) is 4.79 Å². The summed E-state index contributed by atoms with van der Waals surface area (Å²) in [6.07, 6.45) is 0.871. The number of carbonyl (C=O) groups is 1. The molecule has 82 valence electrons. The molecule has 2 nitrogen and oxygen atoms in total. The standard InChI is InChI=1S/C12H18O2Si/c1-9-6-10(2)12(11(7-9)8-13)14-15(3,4)5/h6-8H,1-5H3. The summed E-state index contributed by atoms with van der Waals surface area (Å²) in [6.45, 7) is 10.3. The number of aryl methyl sites for hydroxylation is 2. The molecule has 0 spiro atoms. The van der Waals surface area contributed by atoms with Gasteiger partial charge >= 0.3 is 0 Å². The maximum Gasteiger partial charge on any atom is 0.242 e. The molecule has 1 aromatic rings. The molecular formula is C12H18O2Si. The van der Waals surface area contributed by atoms with E-state index in [1.807, 2.05) is 26.0 Å². The zero-order valence-corrected chi connectivity index (χ0v) is 11.0. The summed E-state index contributed by atoms with van der Waals surface area (Å²) in [5, 5.41) is 0. The van der Waals surface area contributed by atoms with Crippen LogP contribution in [0.3, 0.4) is 0 Å². The molecule has 0 aliphatic carbocycles. The summed E-state index contributed by atoms with van der Waals surface area (Å²) < 4.78 is 5.92. The number of rotatable bonds is 3. The predicted molar refractivity (Wildman–Crippen MR) is 65.3 cm³/mol. The average molecular weight is 222 g/mol. The van der Waals surface area contributed by atoms with Crippen molar-refractivity contribution >= 4 is 14.6 Å². The largest absolute Gasteiger partial charge is 0.544 e. The molecule has 0 unspecified atom stereocenters. The van der Waals surface area contributed by atoms with Gasteiger partial charge in [0.1, 0.15) is 5.75 Å². The van der Waals surface area contributed by atoms with Crippen molar-refractivity contribution in [1.82, 2.24) is 0 Å². The molecule has 3 heteroatoms. The molecule has 15 heavy (non-hydrogen) atoms. The number of hydrogen-bond donors (Lipinski definition) is 0. The Balaban J connectivity index is 3.21. The number of aldehydes is 1. The molecule has 0 atom stereocenters. The highest BCUT2D eigenvalue weighted by Gasteiger charge is 2.19. The van der Waals surface area contributed by atoms with Gasteiger partial charge in [-0.05, 0) is 50.7 Å². The number of carbonyl (C=O) groups excluding carboxylic acids is 1. The lowest BCUT2D eigenvalue weighted by molar-refractivity contribution is 0.112. The maximum atomic E-state index is 11.0. The third-order valence-corrected chi connectivity index (χ3v) is 2.80. The number of hydrogen-bond acceptors (Lipinski definition) is 2. The minimum absolute atomic E-state index is 0.662. The Hall–Kier alpha value is -1.09. The second-order valence-corrected chi connectivity index (χ2v) is 9.26. The lowest BCUT2D eigenvalue weighted by atomic mass is 10.1. The molecule has 0 radical (unpaired) electrons. The zero-order chi connectivity index (χ0) is 11.6. The second-order valence-electron chi connectivity index (χ2n) is 4.83. The molecule has 0 N–H and O–H groups in total. The van der Waals surface area contributed by atoms with Crippen LogP contribution in [0.2, 0.25) is 19.6 Å². The van der Waals surface area contributed by atoms with E-state index >= 15 is 0 Å². The molecule has 0 aromatic heterocycles. The smallest absolute Gasteiger partial charge is 0.242 e. The molecular weight excluding hydrogens is 204 g/mol. The fraction of sp³-hybridized carbons (Fsp3) is 0.417. The number of benzene rings is 1. The Morgan fingerprint density at radius 1 is 1.20 bits per heavy atom. The molecule has 0 heterocycles. The van der Waals surface area contributed by atoms with Crippen molar-refractivity contribution in [2.45, 2.75) is 33.5 Å². The molecule has 0 aliphatic heterocycles. The first-order valence-corrected chi connectivity index (χ1v) is 8.50. The van der Waals surface area contributed by atoms with Crippen LogP contribution in [0.1, 0.15) is 21.5 Å². The van der Waals surface area contributed by atoms with Crippen LogP contribution in [0.5, 0.6) is 5.75 Å². The fourth-order valence-corrected chi connectivity index (χ4v) is 2.41. The zero-order valence-electron chi connectivity index (χ0n) is 10.0. The van der Waals surface area contributed by atoms with E-state index < -0.39 is 8.32 Å². The van der Waals surface area contributed by atoms with Crippen molar-refractivity contribution in [3.8, 4) is 5.75 Å². The molecule has 0 aliphatic rings. The summed E-state index contributed by atoms with van der Waals surface area (Å²) in [6, 6.07) is 3.91. The van der Waals surface area contributed by atoms with Crippen molar-refractivity contribution in [2.75, 3.05) is 0 Å². The van der Waals surface area contributed by atoms with E-state index in [-0.39, 0.29) is 0 Å². The van der Waals surface area contributed by atoms with Gasteiger partial charge in [0.15, 0.2) is 6.29 Å². The summed E-state index contributed by atoms with van der Waals surface area (Å²) >= 11 is 0. The fourth-order valence-electron chi connectivity index (χ4n) is 1.52. The van der Waals surface area contributed by atoms with Crippen molar-refractivity contribution in [3.63, 3.8) is 0 Å². The van der Waals surface area contributed by atoms with Gasteiger partial charge in [-0.1, -0.05) is 6.07 Å². The topological polar surface area (TPSA) is 26.3 Å². The second kappa shape index (κ2) is 4.19. The van der Waals surface area contributed by atoms with Gasteiger partial charge in [-0.3, -0.25) is 4.79 Å². The van der Waals surface area contributed by atoms with E-state index in [1.165, 1.54) is 0 Å². The van der Waals surface area contributed by atoms with Gasteiger partial charge in [0.2, 0.25) is 8.32 Å². The average Bonchev–Trinajstić information content (AvgIpc) is 2.07. The van der Waals surface area contributed by atoms with Gasteiger partial charge in [-0.2, -0.15) is 0 Å². The molecule has 0 fully saturated rings. The lowest BCUT2D eigenvalue weighted by Gasteiger charge is -2.22. The Morgan fingerprint density at radius 3 is 2.27 bits per heavy atom. The van der Waals surface area contributed by atoms with Crippen LogP contribution >= 0.6 is 0 Å². The predicted octanol–water partition coefficient (Wildman–Crippen LogP) is 3.33. The summed E-state index contributed by atoms with van der Waals surface area (Å²) in [7, 11) is -1.65. The Bertz CT molecular complexity index is 378. The van der Waals surface area contributed by atoms with Crippen LogP contribution in [-0.4, -0.2) is 14.6 Å². The normalized spacial score (nSPS) is 11.3. The van der Waals surface area contributed by atoms with Gasteiger partial charge in [-0.15, -0.1) is 0 Å². The SMILES string of the molecule is Cc1cc(C)c(O[Si](C)(C)C)c(C=O)c1. The van der Waals surface area contributed by atoms with E-state index in [4.69, 9.17) is 4.43 Å². The summed E-state index contributed by atoms with van der Waals surface area (Å²) in [5.41, 5.74) is 2.80. The van der Waals surface area contributed by atoms with Gasteiger partial charge < -0.3 is 4.43 Å². The van der Waals surface area contributed by atoms with E-state index in [1.54, 1.807) is 0 Å². The van der Waals surface area contributed by atoms with E-state index in [0.29, 0.717) is 5.56 Å². The molecule has 1 rings (SSSR count). The Labute approximate surface area is 92.4 Å². The van der Waals surface area contributed by atoms with Crippen molar-refractivity contribution in [2.24, 2.45) is 0 Å². The summed E-state index contributed by atoms with van der Waals surface area (Å²) in [4.78, 5) is 11.0. The van der Waals surface area contributed by atoms with Crippen LogP contribution in [0.4, 0.5) is 0 Å². The van der Waals surface area contributed by atoms with Crippen molar-refractivity contribution in [3.05, 3.63) is 28.8 Å². The molecule has 0 bridgehead atoms. The van der Waals surface area contributed by atoms with Crippen LogP contribution in [-0.2, 0) is 0 Å². The third kappa shape index (κ3) is 3.20. The van der Waals surface area contributed by atoms with E-state index in [0.717, 1.165) is 23.2 Å². The van der Waals surface area contributed by atoms with Gasteiger partial charge in [0.25, 0.3) is 0 Å². The molecule has 1 aromatic carbocycles. The van der Waals surface area contributed by atoms with Crippen molar-refractivity contribution in [1.29, 1.82) is 0 Å². The molecule has 0 amide bonds. The van der Waals surface area contributed by atoms with Gasteiger partial charge in [0, 0.05) is 0 Å². The highest BCUT2D eigenvalue weighted by atomic mass is 28.4. The van der Waals surface area contributed by atoms with Gasteiger partial charge in [0.05, 0.1) is 5.56 Å². The van der Waals surface area contributed by atoms with Crippen LogP contribution < -0.4 is 4.43 Å². The minimum atomic E-state index is -1.65. The first-order chi connectivity index (χ1) is 6.83. The van der Waals surface area contributed by atoms with Gasteiger partial charge in [-0.25, -0.2) is 0 Å². The quantitative estimate of drug-likeness (QED) is 0.579.